The molecule has 1 aromatic carbocycles. The number of amides is 13. The second-order valence-electron chi connectivity index (χ2n) is 28.3. The van der Waals surface area contributed by atoms with Crippen LogP contribution in [0, 0.1) is 17.8 Å². The highest BCUT2D eigenvalue weighted by Crippen LogP contribution is 2.40. The van der Waals surface area contributed by atoms with Gasteiger partial charge in [-0.1, -0.05) is 63.1 Å². The van der Waals surface area contributed by atoms with Gasteiger partial charge in [-0.25, -0.2) is 19.6 Å². The van der Waals surface area contributed by atoms with Gasteiger partial charge in [-0.05, 0) is 101 Å². The summed E-state index contributed by atoms with van der Waals surface area (Å²) in [5.74, 6) is -18.1. The maximum absolute atomic E-state index is 15.2. The van der Waals surface area contributed by atoms with E-state index in [0.717, 1.165) is 33.4 Å². The van der Waals surface area contributed by atoms with Crippen LogP contribution in [-0.4, -0.2) is 263 Å². The zero-order chi connectivity index (χ0) is 83.6. The number of nitrogens with one attached hydrogen (secondary N) is 12. The minimum Gasteiger partial charge on any atom is -0.480 e. The molecule has 0 radical (unpaired) electrons. The maximum Gasteiger partial charge on any atom is 0.327 e. The molecule has 13 amide bonds. The van der Waals surface area contributed by atoms with Gasteiger partial charge in [0.05, 0.1) is 50.8 Å². The molecular weight excluding hydrogens is 1510 g/mol. The van der Waals surface area contributed by atoms with Crippen molar-refractivity contribution in [3.05, 3.63) is 41.7 Å². The fourth-order valence-electron chi connectivity index (χ4n) is 11.5. The number of nitrogen functional groups attached to an aromatic ring is 2. The quantitative estimate of drug-likeness (QED) is 0.0205. The summed E-state index contributed by atoms with van der Waals surface area (Å²) >= 11 is 0. The molecule has 112 heavy (non-hydrogen) atoms. The average Bonchev–Trinajstić information content (AvgIpc) is 1.40. The largest absolute Gasteiger partial charge is 0.480 e. The fraction of sp³-hybridized carbons (Fsp3) is 0.588. The third-order valence-electron chi connectivity index (χ3n) is 17.6. The summed E-state index contributed by atoms with van der Waals surface area (Å²) in [5.41, 5.74) is 24.3. The molecule has 24 N–H and O–H groups in total. The zero-order valence-corrected chi connectivity index (χ0v) is 65.4. The van der Waals surface area contributed by atoms with E-state index < -0.39 is 217 Å². The SMILES string of the molecule is CC(C)C[C@@H]1NC(=O)[C@H](C(C)C)NC(=O)[C@H](CO)NC(=O)CNC(=O)CNC(=O)[C@H](CCCN=C(N)N)NC(=O)[C@@H]2CCCN2C(=O)[C@H](NC(=O)CC[C@H](NC(=O)c2ccc(N(C)Cc3cnc4nc(N)nc(N)c4n3)cc2)C(=O)O)C(C)(C)SSC[C@@H](C(=O)O)NC(=O)CNC(=O)[C@H]([C@@H](C)O)NC(=O)[C@H](C(C)C)NC1=O. The van der Waals surface area contributed by atoms with Gasteiger partial charge < -0.3 is 117 Å². The molecule has 2 aliphatic rings. The number of hydrogen-bond donors (Lipinski definition) is 20. The Morgan fingerprint density at radius 1 is 0.714 bits per heavy atom. The molecule has 0 unspecified atom stereocenters. The first-order chi connectivity index (χ1) is 52.6. The topological polar surface area (TPSA) is 656 Å². The second kappa shape index (κ2) is 43.0. The van der Waals surface area contributed by atoms with E-state index in [-0.39, 0.29) is 92.1 Å². The molecule has 0 spiro atoms. The van der Waals surface area contributed by atoms with Gasteiger partial charge >= 0.3 is 11.9 Å². The van der Waals surface area contributed by atoms with Crippen molar-refractivity contribution in [1.29, 1.82) is 0 Å². The van der Waals surface area contributed by atoms with Crippen molar-refractivity contribution < 1.29 is 92.3 Å². The number of guanidine groups is 1. The summed E-state index contributed by atoms with van der Waals surface area (Å²) < 4.78 is -1.53. The minimum absolute atomic E-state index is 0.00567. The lowest BCUT2D eigenvalue weighted by atomic mass is 9.98. The van der Waals surface area contributed by atoms with E-state index in [9.17, 15) is 87.5 Å². The highest BCUT2D eigenvalue weighted by Gasteiger charge is 2.46. The first-order valence-electron chi connectivity index (χ1n) is 35.9. The molecule has 11 atom stereocenters. The number of anilines is 3. The lowest BCUT2D eigenvalue weighted by Gasteiger charge is -2.37. The first-order valence-corrected chi connectivity index (χ1v) is 38.2. The number of fused-ring (bicyclic) bond motifs is 2. The number of rotatable bonds is 21. The van der Waals surface area contributed by atoms with E-state index in [2.05, 4.69) is 88.7 Å². The van der Waals surface area contributed by atoms with Gasteiger partial charge in [-0.2, -0.15) is 9.97 Å². The Balaban J connectivity index is 1.43. The smallest absolute Gasteiger partial charge is 0.327 e. The number of nitrogens with zero attached hydrogens (tertiary/aromatic N) is 7. The van der Waals surface area contributed by atoms with Crippen LogP contribution in [0.1, 0.15) is 123 Å². The van der Waals surface area contributed by atoms with Crippen LogP contribution in [0.25, 0.3) is 11.2 Å². The van der Waals surface area contributed by atoms with E-state index >= 15 is 4.79 Å². The standard InChI is InChI=1S/C68H103N23O19S2/c1-31(2)23-40-57(100)85-49(33(5)6)62(105)87-50(34(7)93)60(103)77-27-47(97)80-42(65(109)110)30-111-112-68(8,9)52(84-44(94)20-19-39(64(107)108)82-55(98)35-15-17-37(18-16-35)90(10)28-36-24-75-54-51(78-36)53(69)88-67(72)89-54)63(106)91-22-12-14-43(91)59(102)81-38(13-11-21-73-66(70)71)56(99)76-25-45(95)74-26-46(96)79-41(29-92)58(101)86-48(32(3)4)61(104)83-40/h15-18,24,31-34,38-43,48-50,52,92-93H,11-14,19-23,25-30H2,1-10H3,(H,74,95)(H,76,99)(H,77,103)(H,79,96)(H,80,97)(H,81,102)(H,82,98)(H,83,104)(H,84,94)(H,85,100)(H,86,101)(H,87,105)(H,107,108)(H,109,110)(H4,70,71,73)(H4,69,72,75,88,89)/t34-,38+,39+,40+,41+,42+,43+,48+,49+,50+,52+/m1/s1. The lowest BCUT2D eigenvalue weighted by molar-refractivity contribution is -0.143. The summed E-state index contributed by atoms with van der Waals surface area (Å²) in [5, 5.41) is 70.8. The van der Waals surface area contributed by atoms with Gasteiger partial charge in [-0.15, -0.1) is 0 Å². The number of aliphatic imine (C=N–C) groups is 1. The number of aliphatic hydroxyl groups excluding tert-OH is 2. The second-order valence-corrected chi connectivity index (χ2v) is 31.3. The Morgan fingerprint density at radius 2 is 1.30 bits per heavy atom. The van der Waals surface area contributed by atoms with Crippen LogP contribution >= 0.6 is 21.6 Å². The van der Waals surface area contributed by atoms with Gasteiger partial charge in [0.2, 0.25) is 76.8 Å². The van der Waals surface area contributed by atoms with Crippen LogP contribution in [0.15, 0.2) is 35.5 Å². The molecule has 2 saturated heterocycles. The van der Waals surface area contributed by atoms with Gasteiger partial charge in [0.25, 0.3) is 5.91 Å². The molecular formula is C68H103N23O19S2. The predicted molar refractivity (Wildman–Crippen MR) is 409 cm³/mol. The Kier molecular flexibility index (Phi) is 35.1. The third kappa shape index (κ3) is 28.1. The van der Waals surface area contributed by atoms with Crippen LogP contribution in [0.4, 0.5) is 17.5 Å². The van der Waals surface area contributed by atoms with E-state index in [1.807, 2.05) is 0 Å². The lowest BCUT2D eigenvalue weighted by Crippen LogP contribution is -2.62. The first kappa shape index (κ1) is 91.6. The Bertz CT molecular complexity index is 3940. The summed E-state index contributed by atoms with van der Waals surface area (Å²) in [7, 11) is 3.39. The molecule has 5 rings (SSSR count). The highest BCUT2D eigenvalue weighted by atomic mass is 33.1. The predicted octanol–water partition coefficient (Wildman–Crippen LogP) is -5.56. The molecule has 0 aliphatic carbocycles. The minimum atomic E-state index is -1.79. The van der Waals surface area contributed by atoms with Gasteiger partial charge in [0.15, 0.2) is 22.9 Å². The zero-order valence-electron chi connectivity index (χ0n) is 63.7. The molecule has 2 aromatic heterocycles. The monoisotopic (exact) mass is 1610 g/mol. The number of nitrogens with two attached hydrogens (primary N) is 4. The number of benzene rings is 1. The maximum atomic E-state index is 15.2. The van der Waals surface area contributed by atoms with Crippen molar-refractivity contribution in [2.45, 2.75) is 185 Å². The van der Waals surface area contributed by atoms with E-state index in [4.69, 9.17) is 22.9 Å². The highest BCUT2D eigenvalue weighted by molar-refractivity contribution is 8.77. The van der Waals surface area contributed by atoms with Crippen LogP contribution in [0.5, 0.6) is 0 Å². The number of aliphatic hydroxyl groups is 2. The Morgan fingerprint density at radius 3 is 1.90 bits per heavy atom. The molecule has 42 nitrogen and oxygen atoms in total. The van der Waals surface area contributed by atoms with Crippen LogP contribution in [0.2, 0.25) is 0 Å². The van der Waals surface area contributed by atoms with E-state index in [1.54, 1.807) is 65.6 Å². The number of aliphatic carboxylic acids is 2. The summed E-state index contributed by atoms with van der Waals surface area (Å²) in [4.78, 5) is 230. The van der Waals surface area contributed by atoms with Gasteiger partial charge in [-0.3, -0.25) is 67.3 Å². The molecule has 616 valence electrons. The number of hydrogen-bond acceptors (Lipinski definition) is 27. The molecule has 4 heterocycles. The number of aromatic nitrogens is 4. The number of carbonyl (C=O) groups is 15. The van der Waals surface area contributed by atoms with Crippen molar-refractivity contribution >= 4 is 145 Å². The van der Waals surface area contributed by atoms with Gasteiger partial charge in [0, 0.05) is 48.3 Å². The summed E-state index contributed by atoms with van der Waals surface area (Å²) in [6.07, 6.45) is -1.28. The van der Waals surface area contributed by atoms with E-state index in [0.29, 0.717) is 11.4 Å². The number of carboxylic acid groups (broad SMARTS) is 2. The molecule has 44 heteroatoms. The van der Waals surface area contributed by atoms with Crippen molar-refractivity contribution in [2.75, 3.05) is 68.5 Å². The van der Waals surface area contributed by atoms with Gasteiger partial charge in [0.1, 0.15) is 60.4 Å². The van der Waals surface area contributed by atoms with Crippen molar-refractivity contribution in [1.82, 2.24) is 88.6 Å². The van der Waals surface area contributed by atoms with Crippen molar-refractivity contribution in [2.24, 2.45) is 34.2 Å². The molecule has 2 aliphatic heterocycles. The number of carbonyl (C=O) groups excluding carboxylic acids is 13. The van der Waals surface area contributed by atoms with Crippen molar-refractivity contribution in [3.8, 4) is 0 Å². The van der Waals surface area contributed by atoms with Crippen LogP contribution < -0.4 is 91.6 Å². The van der Waals surface area contributed by atoms with Crippen molar-refractivity contribution in [3.63, 3.8) is 0 Å². The average molecular weight is 1610 g/mol. The number of carboxylic acids is 2. The normalized spacial score (nSPS) is 22.9. The summed E-state index contributed by atoms with van der Waals surface area (Å²) in [6, 6.07) is -9.54. The molecule has 0 saturated carbocycles. The fourth-order valence-corrected chi connectivity index (χ4v) is 14.3. The van der Waals surface area contributed by atoms with Crippen LogP contribution in [0.3, 0.4) is 0 Å². The molecule has 3 aromatic rings. The Labute approximate surface area is 652 Å². The van der Waals surface area contributed by atoms with E-state index in [1.165, 1.54) is 32.2 Å². The Hall–Kier alpha value is -11.0. The molecule has 2 fully saturated rings. The third-order valence-corrected chi connectivity index (χ3v) is 20.9. The summed E-state index contributed by atoms with van der Waals surface area (Å²) in [6.45, 7) is 10.3. The van der Waals surface area contributed by atoms with Crippen LogP contribution in [-0.2, 0) is 73.7 Å². The molecule has 0 bridgehead atoms.